The van der Waals surface area contributed by atoms with Gasteiger partial charge in [-0.2, -0.15) is 0 Å². The lowest BCUT2D eigenvalue weighted by atomic mass is 10.1. The number of carbonyl (C=O) groups excluding carboxylic acids is 1. The number of pyridine rings is 1. The molecule has 0 atom stereocenters. The van der Waals surface area contributed by atoms with Gasteiger partial charge < -0.3 is 9.64 Å². The van der Waals surface area contributed by atoms with E-state index in [1.807, 2.05) is 38.1 Å². The van der Waals surface area contributed by atoms with Crippen LogP contribution in [0.2, 0.25) is 5.02 Å². The summed E-state index contributed by atoms with van der Waals surface area (Å²) in [5.74, 6) is -0.379. The second kappa shape index (κ2) is 6.79. The van der Waals surface area contributed by atoms with Gasteiger partial charge in [0.25, 0.3) is 0 Å². The minimum absolute atomic E-state index is 0.349. The van der Waals surface area contributed by atoms with Crippen molar-refractivity contribution < 1.29 is 9.53 Å². The summed E-state index contributed by atoms with van der Waals surface area (Å²) in [6.45, 7) is 4.07. The quantitative estimate of drug-likeness (QED) is 0.634. The monoisotopic (exact) mass is 318 g/mol. The van der Waals surface area contributed by atoms with Crippen molar-refractivity contribution in [3.05, 3.63) is 40.6 Å². The van der Waals surface area contributed by atoms with Gasteiger partial charge in [0, 0.05) is 47.5 Å². The molecule has 1 heterocycles. The minimum Gasteiger partial charge on any atom is -0.463 e. The lowest BCUT2D eigenvalue weighted by molar-refractivity contribution is -0.137. The van der Waals surface area contributed by atoms with Gasteiger partial charge in [0.2, 0.25) is 0 Å². The van der Waals surface area contributed by atoms with Crippen LogP contribution in [0.3, 0.4) is 0 Å². The molecule has 0 radical (unpaired) electrons. The Morgan fingerprint density at radius 2 is 2.09 bits per heavy atom. The molecule has 1 aromatic carbocycles. The Morgan fingerprint density at radius 3 is 2.73 bits per heavy atom. The van der Waals surface area contributed by atoms with Gasteiger partial charge in [-0.15, -0.1) is 0 Å². The normalized spacial score (nSPS) is 11.1. The molecule has 1 aromatic heterocycles. The van der Waals surface area contributed by atoms with E-state index >= 15 is 0 Å². The number of hydrogen-bond donors (Lipinski definition) is 0. The fourth-order valence-corrected chi connectivity index (χ4v) is 2.50. The largest absolute Gasteiger partial charge is 0.463 e. The summed E-state index contributed by atoms with van der Waals surface area (Å²) in [5.41, 5.74) is 3.55. The van der Waals surface area contributed by atoms with Gasteiger partial charge in [-0.25, -0.2) is 4.79 Å². The van der Waals surface area contributed by atoms with Gasteiger partial charge in [0.1, 0.15) is 0 Å². The highest BCUT2D eigenvalue weighted by Crippen LogP contribution is 2.31. The summed E-state index contributed by atoms with van der Waals surface area (Å²) >= 11 is 6.22. The fourth-order valence-electron chi connectivity index (χ4n) is 2.27. The van der Waals surface area contributed by atoms with Gasteiger partial charge in [0.05, 0.1) is 12.1 Å². The number of aromatic nitrogens is 1. The van der Waals surface area contributed by atoms with Crippen LogP contribution in [0.1, 0.15) is 18.2 Å². The Labute approximate surface area is 135 Å². The highest BCUT2D eigenvalue weighted by Gasteiger charge is 2.10. The molecule has 5 heteroatoms. The van der Waals surface area contributed by atoms with Crippen molar-refractivity contribution >= 4 is 40.2 Å². The van der Waals surface area contributed by atoms with E-state index in [1.165, 1.54) is 6.08 Å². The molecular weight excluding hydrogens is 300 g/mol. The third-order valence-corrected chi connectivity index (χ3v) is 3.40. The van der Waals surface area contributed by atoms with Gasteiger partial charge in [0.15, 0.2) is 0 Å². The molecule has 2 aromatic rings. The minimum atomic E-state index is -0.379. The zero-order chi connectivity index (χ0) is 16.3. The zero-order valence-corrected chi connectivity index (χ0v) is 13.9. The van der Waals surface area contributed by atoms with Crippen molar-refractivity contribution in [2.45, 2.75) is 13.8 Å². The second-order valence-corrected chi connectivity index (χ2v) is 5.59. The van der Waals surface area contributed by atoms with Crippen molar-refractivity contribution in [1.29, 1.82) is 0 Å². The molecule has 0 aliphatic rings. The molecule has 0 bridgehead atoms. The van der Waals surface area contributed by atoms with Crippen molar-refractivity contribution in [2.75, 3.05) is 25.6 Å². The molecule has 0 amide bonds. The van der Waals surface area contributed by atoms with E-state index in [1.54, 1.807) is 19.1 Å². The molecular formula is C17H19ClN2O2. The van der Waals surface area contributed by atoms with Crippen LogP contribution in [0.4, 0.5) is 5.69 Å². The first-order valence-corrected chi connectivity index (χ1v) is 7.43. The van der Waals surface area contributed by atoms with E-state index in [9.17, 15) is 4.79 Å². The molecule has 22 heavy (non-hydrogen) atoms. The number of benzene rings is 1. The molecule has 0 aliphatic heterocycles. The predicted octanol–water partition coefficient (Wildman–Crippen LogP) is 3.84. The average molecular weight is 319 g/mol. The SMILES string of the molecule is CCOC(=O)/C=C/c1cc(Cl)cc2c(N(C)C)cc(C)nc12. The van der Waals surface area contributed by atoms with Crippen molar-refractivity contribution in [3.8, 4) is 0 Å². The maximum absolute atomic E-state index is 11.5. The Hall–Kier alpha value is -2.07. The Morgan fingerprint density at radius 1 is 1.36 bits per heavy atom. The van der Waals surface area contributed by atoms with Gasteiger partial charge in [-0.1, -0.05) is 11.6 Å². The number of nitrogens with zero attached hydrogens (tertiary/aromatic N) is 2. The van der Waals surface area contributed by atoms with E-state index in [-0.39, 0.29) is 5.97 Å². The molecule has 0 N–H and O–H groups in total. The molecule has 2 rings (SSSR count). The predicted molar refractivity (Wildman–Crippen MR) is 91.5 cm³/mol. The smallest absolute Gasteiger partial charge is 0.330 e. The van der Waals surface area contributed by atoms with Crippen molar-refractivity contribution in [3.63, 3.8) is 0 Å². The van der Waals surface area contributed by atoms with Crippen LogP contribution in [-0.2, 0) is 9.53 Å². The molecule has 0 aliphatic carbocycles. The van der Waals surface area contributed by atoms with Crippen LogP contribution in [0, 0.1) is 6.92 Å². The summed E-state index contributed by atoms with van der Waals surface area (Å²) in [7, 11) is 3.95. The lowest BCUT2D eigenvalue weighted by Gasteiger charge is -2.17. The zero-order valence-electron chi connectivity index (χ0n) is 13.2. The number of ether oxygens (including phenoxy) is 1. The third kappa shape index (κ3) is 3.57. The number of fused-ring (bicyclic) bond motifs is 1. The highest BCUT2D eigenvalue weighted by atomic mass is 35.5. The van der Waals surface area contributed by atoms with Crippen LogP contribution in [0.25, 0.3) is 17.0 Å². The molecule has 4 nitrogen and oxygen atoms in total. The van der Waals surface area contributed by atoms with Gasteiger partial charge in [-0.05, 0) is 38.1 Å². The van der Waals surface area contributed by atoms with E-state index in [0.717, 1.165) is 27.8 Å². The molecule has 116 valence electrons. The summed E-state index contributed by atoms with van der Waals surface area (Å²) in [6, 6.07) is 5.70. The first kappa shape index (κ1) is 16.3. The Balaban J connectivity index is 2.62. The molecule has 0 saturated carbocycles. The van der Waals surface area contributed by atoms with E-state index < -0.39 is 0 Å². The number of esters is 1. The second-order valence-electron chi connectivity index (χ2n) is 5.15. The number of anilines is 1. The van der Waals surface area contributed by atoms with Crippen LogP contribution in [0.5, 0.6) is 0 Å². The number of carbonyl (C=O) groups is 1. The molecule has 0 saturated heterocycles. The van der Waals surface area contributed by atoms with Crippen LogP contribution in [0.15, 0.2) is 24.3 Å². The van der Waals surface area contributed by atoms with E-state index in [0.29, 0.717) is 11.6 Å². The third-order valence-electron chi connectivity index (χ3n) is 3.18. The Bertz CT molecular complexity index is 739. The summed E-state index contributed by atoms with van der Waals surface area (Å²) in [5, 5.41) is 1.55. The average Bonchev–Trinajstić information content (AvgIpc) is 2.44. The van der Waals surface area contributed by atoms with Crippen molar-refractivity contribution in [2.24, 2.45) is 0 Å². The Kier molecular flexibility index (Phi) is 5.03. The summed E-state index contributed by atoms with van der Waals surface area (Å²) < 4.78 is 4.90. The first-order valence-electron chi connectivity index (χ1n) is 7.05. The fraction of sp³-hybridized carbons (Fsp3) is 0.294. The molecule has 0 fully saturated rings. The lowest BCUT2D eigenvalue weighted by Crippen LogP contribution is -2.10. The standard InChI is InChI=1S/C17H19ClN2O2/c1-5-22-16(21)7-6-12-9-13(18)10-14-15(20(3)4)8-11(2)19-17(12)14/h6-10H,5H2,1-4H3/b7-6+. The van der Waals surface area contributed by atoms with Gasteiger partial charge in [-0.3, -0.25) is 4.98 Å². The maximum Gasteiger partial charge on any atom is 0.330 e. The topological polar surface area (TPSA) is 42.4 Å². The number of aryl methyl sites for hydroxylation is 1. The van der Waals surface area contributed by atoms with Gasteiger partial charge >= 0.3 is 5.97 Å². The van der Waals surface area contributed by atoms with E-state index in [2.05, 4.69) is 4.98 Å². The van der Waals surface area contributed by atoms with E-state index in [4.69, 9.17) is 16.3 Å². The first-order chi connectivity index (χ1) is 10.4. The number of halogens is 1. The van der Waals surface area contributed by atoms with Crippen LogP contribution >= 0.6 is 11.6 Å². The van der Waals surface area contributed by atoms with Crippen LogP contribution in [-0.4, -0.2) is 31.7 Å². The number of rotatable bonds is 4. The highest BCUT2D eigenvalue weighted by molar-refractivity contribution is 6.31. The number of hydrogen-bond acceptors (Lipinski definition) is 4. The molecule has 0 unspecified atom stereocenters. The summed E-state index contributed by atoms with van der Waals surface area (Å²) in [4.78, 5) is 18.1. The maximum atomic E-state index is 11.5. The molecule has 0 spiro atoms. The van der Waals surface area contributed by atoms with Crippen molar-refractivity contribution in [1.82, 2.24) is 4.98 Å². The van der Waals surface area contributed by atoms with Crippen LogP contribution < -0.4 is 4.90 Å². The summed E-state index contributed by atoms with van der Waals surface area (Å²) in [6.07, 6.45) is 3.09.